The first-order valence-corrected chi connectivity index (χ1v) is 6.66. The maximum absolute atomic E-state index is 11.9. The van der Waals surface area contributed by atoms with Crippen LogP contribution in [0.1, 0.15) is 13.3 Å². The van der Waals surface area contributed by atoms with Crippen molar-refractivity contribution >= 4 is 15.8 Å². The number of aryl methyl sites for hydroxylation is 1. The fourth-order valence-electron chi connectivity index (χ4n) is 1.73. The summed E-state index contributed by atoms with van der Waals surface area (Å²) in [4.78, 5) is 3.76. The van der Waals surface area contributed by atoms with Crippen molar-refractivity contribution in [2.75, 3.05) is 12.3 Å². The van der Waals surface area contributed by atoms with E-state index in [0.29, 0.717) is 18.4 Å². The molecule has 0 amide bonds. The Labute approximate surface area is 94.9 Å². The Balaban J connectivity index is 2.12. The molecule has 0 bridgehead atoms. The maximum atomic E-state index is 11.9. The van der Waals surface area contributed by atoms with Crippen molar-refractivity contribution in [2.45, 2.75) is 18.4 Å². The van der Waals surface area contributed by atoms with Crippen LogP contribution in [-0.4, -0.2) is 24.5 Å². The van der Waals surface area contributed by atoms with Crippen molar-refractivity contribution in [2.24, 2.45) is 18.9 Å². The van der Waals surface area contributed by atoms with Crippen LogP contribution < -0.4 is 10.5 Å². The average molecular weight is 244 g/mol. The summed E-state index contributed by atoms with van der Waals surface area (Å²) in [5.41, 5.74) is 5.53. The largest absolute Gasteiger partial charge is 0.381 e. The molecule has 1 aromatic heterocycles. The number of imidazole rings is 1. The van der Waals surface area contributed by atoms with Crippen LogP contribution in [0, 0.1) is 11.8 Å². The Morgan fingerprint density at radius 2 is 2.31 bits per heavy atom. The zero-order chi connectivity index (χ0) is 11.9. The summed E-state index contributed by atoms with van der Waals surface area (Å²) in [6.07, 6.45) is 2.48. The molecule has 1 fully saturated rings. The number of hydrogen-bond acceptors (Lipinski definition) is 4. The SMILES string of the molecule is CC1CC1CNS(=O)(=O)c1c(N)ncn1C. The molecular weight excluding hydrogens is 228 g/mol. The summed E-state index contributed by atoms with van der Waals surface area (Å²) < 4.78 is 27.8. The summed E-state index contributed by atoms with van der Waals surface area (Å²) in [6.45, 7) is 2.59. The van der Waals surface area contributed by atoms with Crippen LogP contribution in [0.25, 0.3) is 0 Å². The predicted molar refractivity (Wildman–Crippen MR) is 60.1 cm³/mol. The van der Waals surface area contributed by atoms with E-state index >= 15 is 0 Å². The molecule has 0 saturated heterocycles. The van der Waals surface area contributed by atoms with Gasteiger partial charge in [-0.1, -0.05) is 6.92 Å². The summed E-state index contributed by atoms with van der Waals surface area (Å²) in [5, 5.41) is 0.0424. The van der Waals surface area contributed by atoms with Gasteiger partial charge in [-0.15, -0.1) is 0 Å². The van der Waals surface area contributed by atoms with E-state index in [1.807, 2.05) is 0 Å². The molecule has 16 heavy (non-hydrogen) atoms. The molecule has 1 aliphatic carbocycles. The quantitative estimate of drug-likeness (QED) is 0.776. The number of anilines is 1. The molecule has 2 atom stereocenters. The van der Waals surface area contributed by atoms with Gasteiger partial charge in [0.15, 0.2) is 10.8 Å². The predicted octanol–water partition coefficient (Wildman–Crippen LogP) is -0.0634. The molecule has 1 aliphatic rings. The minimum atomic E-state index is -3.53. The zero-order valence-electron chi connectivity index (χ0n) is 9.34. The van der Waals surface area contributed by atoms with Crippen molar-refractivity contribution < 1.29 is 8.42 Å². The topological polar surface area (TPSA) is 90.0 Å². The number of nitrogens with zero attached hydrogens (tertiary/aromatic N) is 2. The van der Waals surface area contributed by atoms with Crippen molar-refractivity contribution in [3.8, 4) is 0 Å². The Hall–Kier alpha value is -1.08. The molecular formula is C9H16N4O2S. The van der Waals surface area contributed by atoms with Gasteiger partial charge in [-0.25, -0.2) is 18.1 Å². The molecule has 6 nitrogen and oxygen atoms in total. The molecule has 0 spiro atoms. The number of aromatic nitrogens is 2. The fourth-order valence-corrected chi connectivity index (χ4v) is 3.06. The van der Waals surface area contributed by atoms with E-state index in [2.05, 4.69) is 16.6 Å². The average Bonchev–Trinajstić information content (AvgIpc) is 2.78. The second kappa shape index (κ2) is 3.74. The number of nitrogens with two attached hydrogens (primary N) is 1. The first kappa shape index (κ1) is 11.4. The third-order valence-electron chi connectivity index (χ3n) is 2.98. The van der Waals surface area contributed by atoms with E-state index in [1.54, 1.807) is 7.05 Å². The van der Waals surface area contributed by atoms with Crippen LogP contribution in [0.2, 0.25) is 0 Å². The van der Waals surface area contributed by atoms with Crippen LogP contribution in [0.5, 0.6) is 0 Å². The highest BCUT2D eigenvalue weighted by Gasteiger charge is 2.34. The third kappa shape index (κ3) is 2.05. The Morgan fingerprint density at radius 3 is 2.75 bits per heavy atom. The number of nitrogens with one attached hydrogen (secondary N) is 1. The molecule has 7 heteroatoms. The van der Waals surface area contributed by atoms with E-state index in [0.717, 1.165) is 6.42 Å². The highest BCUT2D eigenvalue weighted by Crippen LogP contribution is 2.37. The van der Waals surface area contributed by atoms with Crippen molar-refractivity contribution in [3.05, 3.63) is 6.33 Å². The lowest BCUT2D eigenvalue weighted by Gasteiger charge is -2.07. The Bertz CT molecular complexity index is 474. The van der Waals surface area contributed by atoms with Crippen molar-refractivity contribution in [1.82, 2.24) is 14.3 Å². The molecule has 0 radical (unpaired) electrons. The molecule has 3 N–H and O–H groups in total. The molecule has 90 valence electrons. The highest BCUT2D eigenvalue weighted by molar-refractivity contribution is 7.89. The van der Waals surface area contributed by atoms with Gasteiger partial charge in [0.25, 0.3) is 10.0 Å². The molecule has 1 aromatic rings. The molecule has 1 heterocycles. The van der Waals surface area contributed by atoms with Crippen LogP contribution in [0.15, 0.2) is 11.4 Å². The summed E-state index contributed by atoms with van der Waals surface area (Å²) in [6, 6.07) is 0. The highest BCUT2D eigenvalue weighted by atomic mass is 32.2. The normalized spacial score (nSPS) is 24.6. The van der Waals surface area contributed by atoms with Gasteiger partial charge in [-0.05, 0) is 18.3 Å². The van der Waals surface area contributed by atoms with Gasteiger partial charge in [0.1, 0.15) is 0 Å². The van der Waals surface area contributed by atoms with Crippen molar-refractivity contribution in [1.29, 1.82) is 0 Å². The summed E-state index contributed by atoms with van der Waals surface area (Å²) >= 11 is 0. The van der Waals surface area contributed by atoms with Gasteiger partial charge in [0.05, 0.1) is 6.33 Å². The van der Waals surface area contributed by atoms with E-state index in [9.17, 15) is 8.42 Å². The molecule has 0 aromatic carbocycles. The first-order valence-electron chi connectivity index (χ1n) is 5.18. The first-order chi connectivity index (χ1) is 7.42. The van der Waals surface area contributed by atoms with Gasteiger partial charge in [-0.3, -0.25) is 0 Å². The summed E-state index contributed by atoms with van der Waals surface area (Å²) in [5.74, 6) is 1.12. The van der Waals surface area contributed by atoms with Crippen LogP contribution in [0.4, 0.5) is 5.82 Å². The third-order valence-corrected chi connectivity index (χ3v) is 4.53. The fraction of sp³-hybridized carbons (Fsp3) is 0.667. The van der Waals surface area contributed by atoms with Gasteiger partial charge in [0, 0.05) is 13.6 Å². The van der Waals surface area contributed by atoms with E-state index in [4.69, 9.17) is 5.73 Å². The van der Waals surface area contributed by atoms with Gasteiger partial charge in [-0.2, -0.15) is 0 Å². The minimum absolute atomic E-state index is 0.0406. The lowest BCUT2D eigenvalue weighted by Crippen LogP contribution is -2.28. The van der Waals surface area contributed by atoms with Gasteiger partial charge >= 0.3 is 0 Å². The van der Waals surface area contributed by atoms with E-state index in [-0.39, 0.29) is 10.8 Å². The Morgan fingerprint density at radius 1 is 1.69 bits per heavy atom. The monoisotopic (exact) mass is 244 g/mol. The molecule has 2 unspecified atom stereocenters. The second-order valence-electron chi connectivity index (χ2n) is 4.37. The lowest BCUT2D eigenvalue weighted by atomic mass is 10.3. The maximum Gasteiger partial charge on any atom is 0.260 e. The van der Waals surface area contributed by atoms with Crippen LogP contribution in [-0.2, 0) is 17.1 Å². The van der Waals surface area contributed by atoms with Gasteiger partial charge in [0.2, 0.25) is 0 Å². The van der Waals surface area contributed by atoms with E-state index in [1.165, 1.54) is 10.9 Å². The second-order valence-corrected chi connectivity index (χ2v) is 6.05. The summed E-state index contributed by atoms with van der Waals surface area (Å²) in [7, 11) is -1.92. The number of rotatable bonds is 4. The zero-order valence-corrected chi connectivity index (χ0v) is 10.2. The molecule has 1 saturated carbocycles. The van der Waals surface area contributed by atoms with Crippen LogP contribution >= 0.6 is 0 Å². The number of sulfonamides is 1. The standard InChI is InChI=1S/C9H16N4O2S/c1-6-3-7(6)4-12-16(14,15)9-8(10)11-5-13(9)2/h5-7,12H,3-4,10H2,1-2H3. The Kier molecular flexibility index (Phi) is 2.67. The van der Waals surface area contributed by atoms with Crippen LogP contribution in [0.3, 0.4) is 0 Å². The smallest absolute Gasteiger partial charge is 0.260 e. The van der Waals surface area contributed by atoms with Gasteiger partial charge < -0.3 is 10.3 Å². The number of nitrogen functional groups attached to an aromatic ring is 1. The number of hydrogen-bond donors (Lipinski definition) is 2. The van der Waals surface area contributed by atoms with E-state index < -0.39 is 10.0 Å². The molecule has 0 aliphatic heterocycles. The lowest BCUT2D eigenvalue weighted by molar-refractivity contribution is 0.565. The minimum Gasteiger partial charge on any atom is -0.381 e. The molecule has 2 rings (SSSR count). The van der Waals surface area contributed by atoms with Crippen molar-refractivity contribution in [3.63, 3.8) is 0 Å².